The summed E-state index contributed by atoms with van der Waals surface area (Å²) in [7, 11) is 3.29. The molecule has 0 radical (unpaired) electrons. The zero-order chi connectivity index (χ0) is 31.6. The molecule has 5 aromatic carbocycles. The molecule has 0 fully saturated rings. The van der Waals surface area contributed by atoms with Crippen molar-refractivity contribution in [3.63, 3.8) is 0 Å². The molecule has 0 N–H and O–H groups in total. The van der Waals surface area contributed by atoms with E-state index in [0.29, 0.717) is 12.5 Å². The summed E-state index contributed by atoms with van der Waals surface area (Å²) < 4.78 is 65.3. The predicted octanol–water partition coefficient (Wildman–Crippen LogP) is 10.5. The SMILES string of the molecule is COc1cccc2c1c(OC)cc1c3c(ccc12)[C@H](CCc1ccc(F)cc1C(F)(F)F)CCC3.c1ccc2cnccc2c1. The predicted molar refractivity (Wildman–Crippen MR) is 172 cm³/mol. The van der Waals surface area contributed by atoms with Crippen molar-refractivity contribution in [3.05, 3.63) is 125 Å². The van der Waals surface area contributed by atoms with E-state index < -0.39 is 17.6 Å². The third-order valence-electron chi connectivity index (χ3n) is 8.78. The van der Waals surface area contributed by atoms with Crippen LogP contribution in [0.3, 0.4) is 0 Å². The van der Waals surface area contributed by atoms with Gasteiger partial charge in [-0.1, -0.05) is 54.6 Å². The second kappa shape index (κ2) is 12.8. The summed E-state index contributed by atoms with van der Waals surface area (Å²) >= 11 is 0. The number of halogens is 4. The lowest BCUT2D eigenvalue weighted by molar-refractivity contribution is -0.138. The fraction of sp³-hybridized carbons (Fsp3) is 0.237. The number of aromatic nitrogens is 1. The van der Waals surface area contributed by atoms with E-state index >= 15 is 0 Å². The number of fused-ring (bicyclic) bond motifs is 6. The van der Waals surface area contributed by atoms with Crippen LogP contribution in [0.5, 0.6) is 11.5 Å². The first kappa shape index (κ1) is 30.4. The quantitative estimate of drug-likeness (QED) is 0.144. The van der Waals surface area contributed by atoms with Gasteiger partial charge in [0.2, 0.25) is 0 Å². The number of nitrogens with zero attached hydrogens (tertiary/aromatic N) is 1. The lowest BCUT2D eigenvalue weighted by Gasteiger charge is -2.28. The van der Waals surface area contributed by atoms with Gasteiger partial charge in [0.25, 0.3) is 0 Å². The fourth-order valence-electron chi connectivity index (χ4n) is 6.65. The van der Waals surface area contributed by atoms with Crippen molar-refractivity contribution in [3.8, 4) is 11.5 Å². The van der Waals surface area contributed by atoms with E-state index in [9.17, 15) is 17.6 Å². The smallest absolute Gasteiger partial charge is 0.416 e. The Morgan fingerprint density at radius 3 is 2.36 bits per heavy atom. The van der Waals surface area contributed by atoms with Crippen LogP contribution in [-0.4, -0.2) is 19.2 Å². The van der Waals surface area contributed by atoms with Crippen molar-refractivity contribution in [2.45, 2.75) is 44.2 Å². The Morgan fingerprint density at radius 1 is 0.800 bits per heavy atom. The molecule has 1 aromatic heterocycles. The highest BCUT2D eigenvalue weighted by Gasteiger charge is 2.34. The van der Waals surface area contributed by atoms with Gasteiger partial charge in [0, 0.05) is 12.4 Å². The summed E-state index contributed by atoms with van der Waals surface area (Å²) in [6, 6.07) is 25.4. The van der Waals surface area contributed by atoms with E-state index in [1.165, 1.54) is 28.0 Å². The topological polar surface area (TPSA) is 31.4 Å². The van der Waals surface area contributed by atoms with Crippen LogP contribution in [0.2, 0.25) is 0 Å². The Bertz CT molecular complexity index is 1920. The molecule has 0 bridgehead atoms. The van der Waals surface area contributed by atoms with Gasteiger partial charge in [-0.05, 0) is 112 Å². The molecule has 7 heteroatoms. The number of benzene rings is 5. The minimum absolute atomic E-state index is 0.140. The molecule has 45 heavy (non-hydrogen) atoms. The van der Waals surface area contributed by atoms with Gasteiger partial charge < -0.3 is 9.47 Å². The highest BCUT2D eigenvalue weighted by molar-refractivity contribution is 6.13. The van der Waals surface area contributed by atoms with Crippen molar-refractivity contribution < 1.29 is 27.0 Å². The largest absolute Gasteiger partial charge is 0.496 e. The van der Waals surface area contributed by atoms with Gasteiger partial charge in [-0.3, -0.25) is 4.98 Å². The van der Waals surface area contributed by atoms with Crippen LogP contribution < -0.4 is 9.47 Å². The Hall–Kier alpha value is -4.65. The van der Waals surface area contributed by atoms with Crippen LogP contribution in [0.4, 0.5) is 17.6 Å². The van der Waals surface area contributed by atoms with Crippen LogP contribution >= 0.6 is 0 Å². The highest BCUT2D eigenvalue weighted by atomic mass is 19.4. The second-order valence-corrected chi connectivity index (χ2v) is 11.3. The van der Waals surface area contributed by atoms with E-state index in [-0.39, 0.29) is 17.9 Å². The van der Waals surface area contributed by atoms with Gasteiger partial charge in [-0.25, -0.2) is 4.39 Å². The van der Waals surface area contributed by atoms with Gasteiger partial charge in [-0.15, -0.1) is 0 Å². The van der Waals surface area contributed by atoms with Crippen LogP contribution in [0, 0.1) is 5.82 Å². The number of hydrogen-bond acceptors (Lipinski definition) is 3. The van der Waals surface area contributed by atoms with Crippen LogP contribution in [0.15, 0.2) is 97.3 Å². The fourth-order valence-corrected chi connectivity index (χ4v) is 6.65. The molecule has 6 aromatic rings. The molecular formula is C38H33F4NO2. The van der Waals surface area contributed by atoms with Crippen molar-refractivity contribution in [2.75, 3.05) is 14.2 Å². The summed E-state index contributed by atoms with van der Waals surface area (Å²) in [4.78, 5) is 4.01. The minimum Gasteiger partial charge on any atom is -0.496 e. The molecule has 7 rings (SSSR count). The Kier molecular flexibility index (Phi) is 8.61. The molecule has 0 saturated heterocycles. The summed E-state index contributed by atoms with van der Waals surface area (Å²) in [5.41, 5.74) is 1.68. The third-order valence-corrected chi connectivity index (χ3v) is 8.78. The van der Waals surface area contributed by atoms with Crippen molar-refractivity contribution in [1.29, 1.82) is 0 Å². The van der Waals surface area contributed by atoms with E-state index in [1.807, 2.05) is 42.7 Å². The molecule has 0 spiro atoms. The molecule has 0 amide bonds. The molecule has 1 aliphatic rings. The van der Waals surface area contributed by atoms with E-state index in [2.05, 4.69) is 41.4 Å². The number of aryl methyl sites for hydroxylation is 2. The summed E-state index contributed by atoms with van der Waals surface area (Å²) in [6.45, 7) is 0. The van der Waals surface area contributed by atoms with E-state index in [1.54, 1.807) is 14.2 Å². The molecule has 1 aliphatic carbocycles. The Balaban J connectivity index is 0.000000301. The molecular weight excluding hydrogens is 578 g/mol. The third kappa shape index (κ3) is 6.17. The van der Waals surface area contributed by atoms with Crippen LogP contribution in [0.1, 0.15) is 47.4 Å². The zero-order valence-corrected chi connectivity index (χ0v) is 25.1. The maximum absolute atomic E-state index is 13.5. The number of rotatable bonds is 5. The number of pyridine rings is 1. The first-order valence-corrected chi connectivity index (χ1v) is 15.0. The van der Waals surface area contributed by atoms with Crippen LogP contribution in [-0.2, 0) is 19.0 Å². The van der Waals surface area contributed by atoms with Gasteiger partial charge in [0.15, 0.2) is 0 Å². The second-order valence-electron chi connectivity index (χ2n) is 11.3. The molecule has 0 aliphatic heterocycles. The monoisotopic (exact) mass is 611 g/mol. The number of methoxy groups -OCH3 is 2. The average molecular weight is 612 g/mol. The van der Waals surface area contributed by atoms with Crippen LogP contribution in [0.25, 0.3) is 32.3 Å². The summed E-state index contributed by atoms with van der Waals surface area (Å²) in [6.07, 6.45) is 2.71. The molecule has 3 nitrogen and oxygen atoms in total. The Morgan fingerprint density at radius 2 is 1.60 bits per heavy atom. The van der Waals surface area contributed by atoms with Gasteiger partial charge in [0.1, 0.15) is 17.3 Å². The average Bonchev–Trinajstić information content (AvgIpc) is 3.06. The lowest BCUT2D eigenvalue weighted by Crippen LogP contribution is -2.14. The van der Waals surface area contributed by atoms with Crippen molar-refractivity contribution >= 4 is 32.3 Å². The maximum atomic E-state index is 13.5. The zero-order valence-electron chi connectivity index (χ0n) is 25.1. The van der Waals surface area contributed by atoms with Gasteiger partial charge >= 0.3 is 6.18 Å². The maximum Gasteiger partial charge on any atom is 0.416 e. The number of ether oxygens (including phenoxy) is 2. The number of alkyl halides is 3. The van der Waals surface area contributed by atoms with Gasteiger partial charge in [-0.2, -0.15) is 13.2 Å². The highest BCUT2D eigenvalue weighted by Crippen LogP contribution is 2.45. The molecule has 0 unspecified atom stereocenters. The first-order valence-electron chi connectivity index (χ1n) is 15.0. The van der Waals surface area contributed by atoms with Gasteiger partial charge in [0.05, 0.1) is 25.2 Å². The van der Waals surface area contributed by atoms with Crippen molar-refractivity contribution in [1.82, 2.24) is 4.98 Å². The standard InChI is InChI=1S/C29H26F4O2.C9H7N/c1-34-26-8-4-7-23-22-14-13-20-17(5-3-6-21(20)24(22)16-27(35-2)28(23)26)9-10-18-11-12-19(30)15-25(18)29(31,32)33;1-2-4-9-7-10-6-5-8(9)3-1/h4,7-8,11-17H,3,5-6,9-10H2,1-2H3;1-7H/t17-;/m0./s1. The van der Waals surface area contributed by atoms with E-state index in [0.717, 1.165) is 58.4 Å². The normalized spacial score (nSPS) is 14.6. The Labute approximate surface area is 259 Å². The molecule has 1 heterocycles. The molecule has 230 valence electrons. The minimum atomic E-state index is -4.57. The summed E-state index contributed by atoms with van der Waals surface area (Å²) in [5, 5.41) is 6.64. The summed E-state index contributed by atoms with van der Waals surface area (Å²) in [5.74, 6) is 0.757. The van der Waals surface area contributed by atoms with Crippen molar-refractivity contribution in [2.24, 2.45) is 0 Å². The molecule has 0 saturated carbocycles. The van der Waals surface area contributed by atoms with E-state index in [4.69, 9.17) is 9.47 Å². The lowest BCUT2D eigenvalue weighted by atomic mass is 9.77. The first-order chi connectivity index (χ1) is 21.8. The molecule has 1 atom stereocenters. The number of hydrogen-bond donors (Lipinski definition) is 0.